The van der Waals surface area contributed by atoms with E-state index in [-0.39, 0.29) is 11.9 Å². The standard InChI is InChI=1S/C15H23BrFN/c1-4-11(5-2)9-15(18-6-3)13-10-12(17)7-8-14(13)16/h7-8,10-11,15,18H,4-6,9H2,1-3H3. The summed E-state index contributed by atoms with van der Waals surface area (Å²) in [6.45, 7) is 7.43. The maximum Gasteiger partial charge on any atom is 0.123 e. The molecule has 1 nitrogen and oxygen atoms in total. The van der Waals surface area contributed by atoms with Crippen LogP contribution >= 0.6 is 15.9 Å². The molecule has 0 amide bonds. The van der Waals surface area contributed by atoms with Crippen LogP contribution in [0.5, 0.6) is 0 Å². The Hall–Kier alpha value is -0.410. The molecule has 0 aliphatic carbocycles. The second-order valence-corrected chi connectivity index (χ2v) is 5.55. The quantitative estimate of drug-likeness (QED) is 0.741. The zero-order valence-electron chi connectivity index (χ0n) is 11.5. The van der Waals surface area contributed by atoms with Gasteiger partial charge in [-0.05, 0) is 42.6 Å². The van der Waals surface area contributed by atoms with Crippen molar-refractivity contribution in [3.8, 4) is 0 Å². The molecule has 0 aliphatic heterocycles. The number of rotatable bonds is 7. The van der Waals surface area contributed by atoms with E-state index in [1.54, 1.807) is 12.1 Å². The summed E-state index contributed by atoms with van der Waals surface area (Å²) in [5, 5.41) is 3.47. The molecule has 0 radical (unpaired) electrons. The van der Waals surface area contributed by atoms with Gasteiger partial charge in [0.25, 0.3) is 0 Å². The van der Waals surface area contributed by atoms with Gasteiger partial charge in [0.1, 0.15) is 5.82 Å². The fourth-order valence-electron chi connectivity index (χ4n) is 2.30. The molecule has 0 saturated heterocycles. The van der Waals surface area contributed by atoms with Crippen molar-refractivity contribution in [3.05, 3.63) is 34.1 Å². The van der Waals surface area contributed by atoms with Gasteiger partial charge in [-0.25, -0.2) is 4.39 Å². The molecule has 1 aromatic rings. The monoisotopic (exact) mass is 315 g/mol. The molecule has 102 valence electrons. The second kappa shape index (κ2) is 7.90. The van der Waals surface area contributed by atoms with E-state index in [1.165, 1.54) is 18.9 Å². The predicted octanol–water partition coefficient (Wildman–Crippen LogP) is 5.07. The van der Waals surface area contributed by atoms with Crippen molar-refractivity contribution in [2.24, 2.45) is 5.92 Å². The van der Waals surface area contributed by atoms with Gasteiger partial charge in [0.05, 0.1) is 0 Å². The van der Waals surface area contributed by atoms with Gasteiger partial charge in [-0.15, -0.1) is 0 Å². The average molecular weight is 316 g/mol. The Morgan fingerprint density at radius 3 is 2.44 bits per heavy atom. The Morgan fingerprint density at radius 2 is 1.89 bits per heavy atom. The van der Waals surface area contributed by atoms with Crippen molar-refractivity contribution in [3.63, 3.8) is 0 Å². The molecular weight excluding hydrogens is 293 g/mol. The third-order valence-electron chi connectivity index (χ3n) is 3.51. The molecule has 18 heavy (non-hydrogen) atoms. The fourth-order valence-corrected chi connectivity index (χ4v) is 2.83. The van der Waals surface area contributed by atoms with E-state index >= 15 is 0 Å². The van der Waals surface area contributed by atoms with Gasteiger partial charge < -0.3 is 5.32 Å². The Bertz CT molecular complexity index is 364. The van der Waals surface area contributed by atoms with Crippen LogP contribution in [-0.4, -0.2) is 6.54 Å². The van der Waals surface area contributed by atoms with Crippen LogP contribution in [0, 0.1) is 11.7 Å². The highest BCUT2D eigenvalue weighted by Crippen LogP contribution is 2.30. The van der Waals surface area contributed by atoms with Crippen molar-refractivity contribution >= 4 is 15.9 Å². The molecule has 0 heterocycles. The summed E-state index contributed by atoms with van der Waals surface area (Å²) in [6, 6.07) is 5.15. The summed E-state index contributed by atoms with van der Waals surface area (Å²) in [7, 11) is 0. The topological polar surface area (TPSA) is 12.0 Å². The third-order valence-corrected chi connectivity index (χ3v) is 4.23. The molecule has 0 aromatic heterocycles. The molecule has 0 fully saturated rings. The summed E-state index contributed by atoms with van der Waals surface area (Å²) in [5.41, 5.74) is 1.03. The van der Waals surface area contributed by atoms with Gasteiger partial charge in [-0.3, -0.25) is 0 Å². The highest BCUT2D eigenvalue weighted by Gasteiger charge is 2.18. The maximum atomic E-state index is 13.4. The van der Waals surface area contributed by atoms with E-state index < -0.39 is 0 Å². The molecule has 3 heteroatoms. The van der Waals surface area contributed by atoms with Crippen molar-refractivity contribution in [2.45, 2.75) is 46.1 Å². The molecule has 1 rings (SSSR count). The van der Waals surface area contributed by atoms with Crippen LogP contribution in [-0.2, 0) is 0 Å². The van der Waals surface area contributed by atoms with E-state index in [1.807, 2.05) is 0 Å². The Morgan fingerprint density at radius 1 is 1.22 bits per heavy atom. The lowest BCUT2D eigenvalue weighted by Gasteiger charge is -2.24. The minimum absolute atomic E-state index is 0.166. The number of nitrogens with one attached hydrogen (secondary N) is 1. The van der Waals surface area contributed by atoms with Crippen LogP contribution in [0.3, 0.4) is 0 Å². The molecule has 0 bridgehead atoms. The van der Waals surface area contributed by atoms with Crippen LogP contribution in [0.4, 0.5) is 4.39 Å². The molecule has 1 N–H and O–H groups in total. The van der Waals surface area contributed by atoms with Gasteiger partial charge in [0, 0.05) is 10.5 Å². The minimum Gasteiger partial charge on any atom is -0.310 e. The predicted molar refractivity (Wildman–Crippen MR) is 79.2 cm³/mol. The highest BCUT2D eigenvalue weighted by molar-refractivity contribution is 9.10. The van der Waals surface area contributed by atoms with Crippen LogP contribution < -0.4 is 5.32 Å². The van der Waals surface area contributed by atoms with E-state index in [0.717, 1.165) is 23.0 Å². The summed E-state index contributed by atoms with van der Waals surface area (Å²) < 4.78 is 14.4. The first-order valence-corrected chi connectivity index (χ1v) is 7.59. The third kappa shape index (κ3) is 4.36. The zero-order valence-corrected chi connectivity index (χ0v) is 13.1. The molecule has 1 atom stereocenters. The van der Waals surface area contributed by atoms with E-state index in [0.29, 0.717) is 5.92 Å². The highest BCUT2D eigenvalue weighted by atomic mass is 79.9. The fraction of sp³-hybridized carbons (Fsp3) is 0.600. The van der Waals surface area contributed by atoms with Crippen LogP contribution in [0.2, 0.25) is 0 Å². The lowest BCUT2D eigenvalue weighted by atomic mass is 9.91. The molecular formula is C15H23BrFN. The summed E-state index contributed by atoms with van der Waals surface area (Å²) in [5.74, 6) is 0.518. The van der Waals surface area contributed by atoms with Crippen molar-refractivity contribution < 1.29 is 4.39 Å². The summed E-state index contributed by atoms with van der Waals surface area (Å²) in [6.07, 6.45) is 3.40. The van der Waals surface area contributed by atoms with Crippen molar-refractivity contribution in [1.82, 2.24) is 5.32 Å². The van der Waals surface area contributed by atoms with Crippen LogP contribution in [0.15, 0.2) is 22.7 Å². The first-order chi connectivity index (χ1) is 8.62. The zero-order chi connectivity index (χ0) is 13.5. The molecule has 1 unspecified atom stereocenters. The number of benzene rings is 1. The number of halogens is 2. The smallest absolute Gasteiger partial charge is 0.123 e. The summed E-state index contributed by atoms with van der Waals surface area (Å²) in [4.78, 5) is 0. The number of hydrogen-bond acceptors (Lipinski definition) is 1. The largest absolute Gasteiger partial charge is 0.310 e. The lowest BCUT2D eigenvalue weighted by Crippen LogP contribution is -2.24. The first kappa shape index (κ1) is 15.6. The van der Waals surface area contributed by atoms with E-state index in [4.69, 9.17) is 0 Å². The van der Waals surface area contributed by atoms with Crippen LogP contribution in [0.1, 0.15) is 51.6 Å². The Kier molecular flexibility index (Phi) is 6.87. The van der Waals surface area contributed by atoms with Gasteiger partial charge in [-0.1, -0.05) is 49.5 Å². The molecule has 0 saturated carbocycles. The average Bonchev–Trinajstić information content (AvgIpc) is 2.37. The van der Waals surface area contributed by atoms with Crippen LogP contribution in [0.25, 0.3) is 0 Å². The van der Waals surface area contributed by atoms with Gasteiger partial charge in [0.15, 0.2) is 0 Å². The molecule has 0 aliphatic rings. The SMILES string of the molecule is CCNC(CC(CC)CC)c1cc(F)ccc1Br. The summed E-state index contributed by atoms with van der Waals surface area (Å²) >= 11 is 3.53. The van der Waals surface area contributed by atoms with Crippen molar-refractivity contribution in [2.75, 3.05) is 6.54 Å². The first-order valence-electron chi connectivity index (χ1n) is 6.80. The Balaban J connectivity index is 2.92. The van der Waals surface area contributed by atoms with E-state index in [2.05, 4.69) is 42.0 Å². The molecule has 1 aromatic carbocycles. The minimum atomic E-state index is -0.166. The molecule has 0 spiro atoms. The lowest BCUT2D eigenvalue weighted by molar-refractivity contribution is 0.374. The van der Waals surface area contributed by atoms with E-state index in [9.17, 15) is 4.39 Å². The van der Waals surface area contributed by atoms with Gasteiger partial charge in [0.2, 0.25) is 0 Å². The maximum absolute atomic E-state index is 13.4. The van der Waals surface area contributed by atoms with Gasteiger partial charge in [-0.2, -0.15) is 0 Å². The van der Waals surface area contributed by atoms with Crippen molar-refractivity contribution in [1.29, 1.82) is 0 Å². The second-order valence-electron chi connectivity index (χ2n) is 4.69. The Labute approximate surface area is 118 Å². The normalized spacial score (nSPS) is 13.0. The number of hydrogen-bond donors (Lipinski definition) is 1. The van der Waals surface area contributed by atoms with Gasteiger partial charge >= 0.3 is 0 Å².